The Balaban J connectivity index is 1.98. The van der Waals surface area contributed by atoms with E-state index in [4.69, 9.17) is 9.52 Å². The number of furan rings is 1. The second kappa shape index (κ2) is 6.90. The number of hydrogen-bond donors (Lipinski definition) is 2. The molecule has 0 aliphatic rings. The topological polar surface area (TPSA) is 65.7 Å². The number of aliphatic carboxylic acids is 1. The quantitative estimate of drug-likeness (QED) is 0.819. The lowest BCUT2D eigenvalue weighted by Gasteiger charge is -2.18. The van der Waals surface area contributed by atoms with E-state index in [0.29, 0.717) is 13.1 Å². The fourth-order valence-corrected chi connectivity index (χ4v) is 1.99. The number of carboxylic acids is 1. The molecular weight excluding hydrogens is 275 g/mol. The van der Waals surface area contributed by atoms with E-state index in [0.717, 1.165) is 11.3 Å². The Morgan fingerprint density at radius 3 is 2.86 bits per heavy atom. The molecule has 112 valence electrons. The minimum Gasteiger partial charge on any atom is -0.480 e. The molecule has 0 amide bonds. The Hall–Kier alpha value is -2.34. The number of hydrogen-bond acceptors (Lipinski definition) is 4. The Kier molecular flexibility index (Phi) is 4.94. The van der Waals surface area contributed by atoms with Crippen molar-refractivity contribution in [2.75, 3.05) is 18.5 Å². The maximum absolute atomic E-state index is 13.7. The average molecular weight is 292 g/mol. The van der Waals surface area contributed by atoms with Gasteiger partial charge < -0.3 is 19.7 Å². The molecule has 2 aromatic rings. The fourth-order valence-electron chi connectivity index (χ4n) is 1.99. The highest BCUT2D eigenvalue weighted by molar-refractivity contribution is 5.73. The molecule has 0 fully saturated rings. The van der Waals surface area contributed by atoms with Crippen LogP contribution in [0, 0.1) is 5.82 Å². The van der Waals surface area contributed by atoms with E-state index in [1.165, 1.54) is 11.0 Å². The van der Waals surface area contributed by atoms with Crippen LogP contribution in [-0.4, -0.2) is 24.7 Å². The van der Waals surface area contributed by atoms with Crippen LogP contribution >= 0.6 is 0 Å². The van der Waals surface area contributed by atoms with Gasteiger partial charge in [-0.05, 0) is 29.8 Å². The molecule has 0 atom stereocenters. The predicted molar refractivity (Wildman–Crippen MR) is 76.6 cm³/mol. The molecule has 1 aromatic carbocycles. The third-order valence-corrected chi connectivity index (χ3v) is 3.00. The monoisotopic (exact) mass is 292 g/mol. The molecule has 0 aliphatic carbocycles. The molecule has 1 heterocycles. The maximum Gasteiger partial charge on any atom is 0.323 e. The molecule has 2 rings (SSSR count). The van der Waals surface area contributed by atoms with E-state index in [2.05, 4.69) is 5.32 Å². The molecule has 0 aliphatic heterocycles. The van der Waals surface area contributed by atoms with Gasteiger partial charge in [0.1, 0.15) is 18.1 Å². The Bertz CT molecular complexity index is 599. The molecule has 1 aromatic heterocycles. The van der Waals surface area contributed by atoms with E-state index in [9.17, 15) is 9.18 Å². The van der Waals surface area contributed by atoms with Crippen molar-refractivity contribution in [1.29, 1.82) is 0 Å². The smallest absolute Gasteiger partial charge is 0.323 e. The summed E-state index contributed by atoms with van der Waals surface area (Å²) in [7, 11) is 1.55. The molecular formula is C15H17FN2O3. The zero-order chi connectivity index (χ0) is 15.2. The van der Waals surface area contributed by atoms with Crippen molar-refractivity contribution in [1.82, 2.24) is 5.32 Å². The molecule has 0 unspecified atom stereocenters. The van der Waals surface area contributed by atoms with E-state index >= 15 is 0 Å². The molecule has 5 nitrogen and oxygen atoms in total. The molecule has 0 bridgehead atoms. The highest BCUT2D eigenvalue weighted by Gasteiger charge is 2.11. The van der Waals surface area contributed by atoms with Gasteiger partial charge in [0.15, 0.2) is 0 Å². The summed E-state index contributed by atoms with van der Waals surface area (Å²) < 4.78 is 18.9. The van der Waals surface area contributed by atoms with E-state index in [1.54, 1.807) is 25.4 Å². The number of carbonyl (C=O) groups is 1. The number of rotatable bonds is 7. The normalized spacial score (nSPS) is 10.6. The molecule has 0 radical (unpaired) electrons. The zero-order valence-corrected chi connectivity index (χ0v) is 11.7. The number of nitrogens with zero attached hydrogens (tertiary/aromatic N) is 1. The third-order valence-electron chi connectivity index (χ3n) is 3.00. The van der Waals surface area contributed by atoms with E-state index < -0.39 is 11.8 Å². The molecule has 0 saturated heterocycles. The number of nitrogens with one attached hydrogen (secondary N) is 1. The van der Waals surface area contributed by atoms with Crippen LogP contribution in [0.4, 0.5) is 10.1 Å². The number of halogens is 1. The number of carboxylic acid groups (broad SMARTS) is 1. The largest absolute Gasteiger partial charge is 0.480 e. The minimum absolute atomic E-state index is 0.250. The lowest BCUT2D eigenvalue weighted by atomic mass is 10.1. The summed E-state index contributed by atoms with van der Waals surface area (Å²) in [5.74, 6) is -0.618. The molecule has 0 spiro atoms. The summed E-state index contributed by atoms with van der Waals surface area (Å²) in [4.78, 5) is 12.1. The Labute approximate surface area is 122 Å². The van der Waals surface area contributed by atoms with Gasteiger partial charge in [-0.25, -0.2) is 4.39 Å². The first-order chi connectivity index (χ1) is 10.1. The first-order valence-electron chi connectivity index (χ1n) is 6.50. The third kappa shape index (κ3) is 4.32. The number of benzene rings is 1. The lowest BCUT2D eigenvalue weighted by Crippen LogP contribution is -2.26. The zero-order valence-electron chi connectivity index (χ0n) is 11.7. The van der Waals surface area contributed by atoms with Crippen LogP contribution < -0.4 is 10.2 Å². The molecule has 0 saturated carbocycles. The second-order valence-electron chi connectivity index (χ2n) is 4.72. The van der Waals surface area contributed by atoms with Crippen molar-refractivity contribution in [2.45, 2.75) is 13.1 Å². The lowest BCUT2D eigenvalue weighted by molar-refractivity contribution is -0.135. The van der Waals surface area contributed by atoms with E-state index in [-0.39, 0.29) is 12.2 Å². The summed E-state index contributed by atoms with van der Waals surface area (Å²) in [6.07, 6.45) is 1.61. The fraction of sp³-hybridized carbons (Fsp3) is 0.267. The first-order valence-corrected chi connectivity index (χ1v) is 6.50. The van der Waals surface area contributed by atoms with Crippen LogP contribution in [0.15, 0.2) is 41.0 Å². The summed E-state index contributed by atoms with van der Waals surface area (Å²) >= 11 is 0. The van der Waals surface area contributed by atoms with Gasteiger partial charge in [-0.3, -0.25) is 4.79 Å². The summed E-state index contributed by atoms with van der Waals surface area (Å²) in [5.41, 5.74) is 1.14. The van der Waals surface area contributed by atoms with Crippen molar-refractivity contribution < 1.29 is 18.7 Å². The van der Waals surface area contributed by atoms with Crippen molar-refractivity contribution >= 4 is 11.7 Å². The highest BCUT2D eigenvalue weighted by Crippen LogP contribution is 2.19. The molecule has 2 N–H and O–H groups in total. The highest BCUT2D eigenvalue weighted by atomic mass is 19.1. The van der Waals surface area contributed by atoms with Crippen molar-refractivity contribution in [2.24, 2.45) is 0 Å². The first kappa shape index (κ1) is 15.1. The van der Waals surface area contributed by atoms with Crippen LogP contribution in [0.3, 0.4) is 0 Å². The SMILES string of the molecule is CN(CC(=O)O)c1cc(CNCc2ccco2)ccc1F. The van der Waals surface area contributed by atoms with Crippen LogP contribution in [0.25, 0.3) is 0 Å². The van der Waals surface area contributed by atoms with Gasteiger partial charge >= 0.3 is 5.97 Å². The van der Waals surface area contributed by atoms with Crippen LogP contribution in [-0.2, 0) is 17.9 Å². The van der Waals surface area contributed by atoms with E-state index in [1.807, 2.05) is 12.1 Å². The van der Waals surface area contributed by atoms with Gasteiger partial charge in [0, 0.05) is 13.6 Å². The predicted octanol–water partition coefficient (Wildman–Crippen LogP) is 2.23. The van der Waals surface area contributed by atoms with Crippen LogP contribution in [0.5, 0.6) is 0 Å². The summed E-state index contributed by atoms with van der Waals surface area (Å²) in [6.45, 7) is 0.861. The molecule has 21 heavy (non-hydrogen) atoms. The van der Waals surface area contributed by atoms with Gasteiger partial charge in [-0.1, -0.05) is 6.07 Å². The summed E-state index contributed by atoms with van der Waals surface area (Å²) in [5, 5.41) is 11.9. The number of likely N-dealkylation sites (N-methyl/N-ethyl adjacent to an activating group) is 1. The van der Waals surface area contributed by atoms with Crippen LogP contribution in [0.2, 0.25) is 0 Å². The van der Waals surface area contributed by atoms with Crippen molar-refractivity contribution in [3.8, 4) is 0 Å². The van der Waals surface area contributed by atoms with Gasteiger partial charge in [0.25, 0.3) is 0 Å². The van der Waals surface area contributed by atoms with Gasteiger partial charge in [0.2, 0.25) is 0 Å². The second-order valence-corrected chi connectivity index (χ2v) is 4.72. The van der Waals surface area contributed by atoms with Crippen molar-refractivity contribution in [3.63, 3.8) is 0 Å². The van der Waals surface area contributed by atoms with Gasteiger partial charge in [-0.2, -0.15) is 0 Å². The van der Waals surface area contributed by atoms with Gasteiger partial charge in [0.05, 0.1) is 18.5 Å². The van der Waals surface area contributed by atoms with Crippen LogP contribution in [0.1, 0.15) is 11.3 Å². The number of anilines is 1. The summed E-state index contributed by atoms with van der Waals surface area (Å²) in [6, 6.07) is 8.34. The Morgan fingerprint density at radius 2 is 2.19 bits per heavy atom. The maximum atomic E-state index is 13.7. The van der Waals surface area contributed by atoms with Crippen molar-refractivity contribution in [3.05, 3.63) is 53.7 Å². The molecule has 6 heteroatoms. The van der Waals surface area contributed by atoms with Gasteiger partial charge in [-0.15, -0.1) is 0 Å². The standard InChI is InChI=1S/C15H17FN2O3/c1-18(10-15(19)20)14-7-11(4-5-13(14)16)8-17-9-12-3-2-6-21-12/h2-7,17H,8-10H2,1H3,(H,19,20). The Morgan fingerprint density at radius 1 is 1.38 bits per heavy atom. The minimum atomic E-state index is -1.00. The average Bonchev–Trinajstić information content (AvgIpc) is 2.93.